The van der Waals surface area contributed by atoms with Gasteiger partial charge in [-0.05, 0) is 6.92 Å². The Morgan fingerprint density at radius 2 is 2.44 bits per heavy atom. The second-order valence-corrected chi connectivity index (χ2v) is 4.08. The van der Waals surface area contributed by atoms with Crippen molar-refractivity contribution < 1.29 is 19.1 Å². The van der Waals surface area contributed by atoms with E-state index >= 15 is 0 Å². The van der Waals surface area contributed by atoms with E-state index in [1.165, 1.54) is 6.33 Å². The Morgan fingerprint density at radius 1 is 1.61 bits per heavy atom. The molecule has 7 heteroatoms. The molecule has 1 aromatic heterocycles. The topological polar surface area (TPSA) is 90.4 Å². The molecule has 0 bridgehead atoms. The van der Waals surface area contributed by atoms with Crippen LogP contribution >= 0.6 is 0 Å². The van der Waals surface area contributed by atoms with Crippen LogP contribution < -0.4 is 10.1 Å². The van der Waals surface area contributed by atoms with E-state index in [2.05, 4.69) is 15.3 Å². The predicted molar refractivity (Wildman–Crippen MR) is 59.1 cm³/mol. The molecule has 0 saturated carbocycles. The fraction of sp³-hybridized carbons (Fsp3) is 0.455. The minimum atomic E-state index is -1.35. The van der Waals surface area contributed by atoms with Crippen LogP contribution in [0.15, 0.2) is 6.33 Å². The standard InChI is InChI=1S/C11H11N3O4/c1-2-17-10(16)11-3-4-18-8-6(11)7(12-5-13-8)14-9(11)15/h5H,2-4H2,1H3,(H,12,13,14,15). The summed E-state index contributed by atoms with van der Waals surface area (Å²) in [5.41, 5.74) is -0.945. The number of nitrogens with one attached hydrogen (secondary N) is 1. The van der Waals surface area contributed by atoms with Crippen molar-refractivity contribution in [2.24, 2.45) is 0 Å². The highest BCUT2D eigenvalue weighted by molar-refractivity contribution is 6.19. The maximum atomic E-state index is 12.2. The fourth-order valence-corrected chi connectivity index (χ4v) is 2.38. The van der Waals surface area contributed by atoms with Crippen LogP contribution in [0.25, 0.3) is 0 Å². The van der Waals surface area contributed by atoms with Crippen molar-refractivity contribution >= 4 is 17.7 Å². The highest BCUT2D eigenvalue weighted by atomic mass is 16.5. The van der Waals surface area contributed by atoms with Crippen molar-refractivity contribution in [3.8, 4) is 5.88 Å². The Morgan fingerprint density at radius 3 is 3.22 bits per heavy atom. The van der Waals surface area contributed by atoms with Crippen molar-refractivity contribution in [1.29, 1.82) is 0 Å². The van der Waals surface area contributed by atoms with Crippen molar-refractivity contribution in [2.45, 2.75) is 18.8 Å². The number of amides is 1. The zero-order chi connectivity index (χ0) is 12.8. The maximum absolute atomic E-state index is 12.2. The number of aromatic nitrogens is 2. The molecule has 1 N–H and O–H groups in total. The van der Waals surface area contributed by atoms with Gasteiger partial charge in [0.15, 0.2) is 5.41 Å². The van der Waals surface area contributed by atoms with Crippen LogP contribution in [0.4, 0.5) is 5.82 Å². The van der Waals surface area contributed by atoms with E-state index < -0.39 is 17.3 Å². The van der Waals surface area contributed by atoms with Gasteiger partial charge in [-0.3, -0.25) is 9.59 Å². The van der Waals surface area contributed by atoms with Crippen molar-refractivity contribution in [3.05, 3.63) is 11.9 Å². The Hall–Kier alpha value is -2.18. The third kappa shape index (κ3) is 1.18. The lowest BCUT2D eigenvalue weighted by atomic mass is 9.78. The minimum Gasteiger partial charge on any atom is -0.477 e. The molecule has 7 nitrogen and oxygen atoms in total. The average Bonchev–Trinajstić information content (AvgIpc) is 2.66. The van der Waals surface area contributed by atoms with Gasteiger partial charge in [-0.15, -0.1) is 0 Å². The molecule has 2 aliphatic rings. The van der Waals surface area contributed by atoms with Gasteiger partial charge in [-0.25, -0.2) is 9.97 Å². The third-order valence-corrected chi connectivity index (χ3v) is 3.20. The van der Waals surface area contributed by atoms with Crippen molar-refractivity contribution in [1.82, 2.24) is 9.97 Å². The van der Waals surface area contributed by atoms with E-state index in [1.54, 1.807) is 6.92 Å². The average molecular weight is 249 g/mol. The summed E-state index contributed by atoms with van der Waals surface area (Å²) < 4.78 is 10.4. The smallest absolute Gasteiger partial charge is 0.326 e. The van der Waals surface area contributed by atoms with Crippen LogP contribution in [0.3, 0.4) is 0 Å². The molecule has 0 spiro atoms. The fourth-order valence-electron chi connectivity index (χ4n) is 2.38. The normalized spacial score (nSPS) is 23.9. The van der Waals surface area contributed by atoms with Gasteiger partial charge < -0.3 is 14.8 Å². The first-order chi connectivity index (χ1) is 8.70. The zero-order valence-corrected chi connectivity index (χ0v) is 9.73. The number of carbonyl (C=O) groups is 2. The summed E-state index contributed by atoms with van der Waals surface area (Å²) in [6.07, 6.45) is 1.53. The largest absolute Gasteiger partial charge is 0.477 e. The number of esters is 1. The second-order valence-electron chi connectivity index (χ2n) is 4.08. The third-order valence-electron chi connectivity index (χ3n) is 3.20. The van der Waals surface area contributed by atoms with Gasteiger partial charge in [0, 0.05) is 6.42 Å². The van der Waals surface area contributed by atoms with Gasteiger partial charge in [0.2, 0.25) is 11.8 Å². The van der Waals surface area contributed by atoms with E-state index in [-0.39, 0.29) is 25.5 Å². The van der Waals surface area contributed by atoms with Gasteiger partial charge >= 0.3 is 5.97 Å². The summed E-state index contributed by atoms with van der Waals surface area (Å²) >= 11 is 0. The number of rotatable bonds is 2. The number of nitrogens with zero attached hydrogens (tertiary/aromatic N) is 2. The quantitative estimate of drug-likeness (QED) is 0.586. The molecule has 3 rings (SSSR count). The summed E-state index contributed by atoms with van der Waals surface area (Å²) in [5, 5.41) is 2.59. The van der Waals surface area contributed by atoms with E-state index in [0.717, 1.165) is 0 Å². The number of anilines is 1. The molecule has 0 saturated heterocycles. The maximum Gasteiger partial charge on any atom is 0.326 e. The first-order valence-electron chi connectivity index (χ1n) is 5.67. The monoisotopic (exact) mass is 249 g/mol. The molecule has 0 aromatic carbocycles. The van der Waals surface area contributed by atoms with Crippen LogP contribution in [-0.4, -0.2) is 35.1 Å². The number of carbonyl (C=O) groups excluding carboxylic acids is 2. The first kappa shape index (κ1) is 10.9. The molecule has 0 aliphatic carbocycles. The molecule has 1 unspecified atom stereocenters. The van der Waals surface area contributed by atoms with Crippen LogP contribution in [0.1, 0.15) is 18.9 Å². The Balaban J connectivity index is 2.20. The highest BCUT2D eigenvalue weighted by Crippen LogP contribution is 2.46. The molecule has 0 radical (unpaired) electrons. The van der Waals surface area contributed by atoms with Crippen LogP contribution in [0.5, 0.6) is 5.88 Å². The Labute approximate surface area is 103 Å². The molecule has 3 heterocycles. The molecule has 1 amide bonds. The lowest BCUT2D eigenvalue weighted by Gasteiger charge is -2.29. The summed E-state index contributed by atoms with van der Waals surface area (Å²) in [4.78, 5) is 32.2. The molecule has 0 fully saturated rings. The van der Waals surface area contributed by atoms with Gasteiger partial charge in [-0.1, -0.05) is 0 Å². The van der Waals surface area contributed by atoms with Crippen LogP contribution in [-0.2, 0) is 19.7 Å². The molecule has 2 aliphatic heterocycles. The molecular formula is C11H11N3O4. The lowest BCUT2D eigenvalue weighted by Crippen LogP contribution is -2.47. The summed E-state index contributed by atoms with van der Waals surface area (Å²) in [7, 11) is 0. The Kier molecular flexibility index (Phi) is 2.22. The summed E-state index contributed by atoms with van der Waals surface area (Å²) in [6.45, 7) is 2.16. The van der Waals surface area contributed by atoms with E-state index in [9.17, 15) is 9.59 Å². The molecule has 94 valence electrons. The minimum absolute atomic E-state index is 0.215. The molecule has 1 aromatic rings. The van der Waals surface area contributed by atoms with E-state index in [1.807, 2.05) is 0 Å². The summed E-state index contributed by atoms with van der Waals surface area (Å²) in [5.74, 6) is -0.378. The number of hydrogen-bond acceptors (Lipinski definition) is 6. The lowest BCUT2D eigenvalue weighted by molar-refractivity contribution is -0.154. The molecule has 18 heavy (non-hydrogen) atoms. The predicted octanol–water partition coefficient (Wildman–Crippen LogP) is 0.0121. The van der Waals surface area contributed by atoms with Crippen molar-refractivity contribution in [3.63, 3.8) is 0 Å². The second kappa shape index (κ2) is 3.66. The number of hydrogen-bond donors (Lipinski definition) is 1. The van der Waals surface area contributed by atoms with E-state index in [4.69, 9.17) is 9.47 Å². The van der Waals surface area contributed by atoms with Gasteiger partial charge in [0.05, 0.1) is 18.8 Å². The number of ether oxygens (including phenoxy) is 2. The van der Waals surface area contributed by atoms with Crippen molar-refractivity contribution in [2.75, 3.05) is 18.5 Å². The highest BCUT2D eigenvalue weighted by Gasteiger charge is 2.58. The first-order valence-corrected chi connectivity index (χ1v) is 5.67. The van der Waals surface area contributed by atoms with E-state index in [0.29, 0.717) is 11.4 Å². The Bertz CT molecular complexity index is 545. The molecular weight excluding hydrogens is 238 g/mol. The SMILES string of the molecule is CCOC(=O)C12CCOc3ncnc(c31)NC2=O. The van der Waals surface area contributed by atoms with Crippen LogP contribution in [0.2, 0.25) is 0 Å². The van der Waals surface area contributed by atoms with Gasteiger partial charge in [0.1, 0.15) is 12.1 Å². The van der Waals surface area contributed by atoms with Gasteiger partial charge in [0.25, 0.3) is 0 Å². The summed E-state index contributed by atoms with van der Waals surface area (Å²) in [6, 6.07) is 0. The van der Waals surface area contributed by atoms with Crippen LogP contribution in [0, 0.1) is 0 Å². The zero-order valence-electron chi connectivity index (χ0n) is 9.73. The van der Waals surface area contributed by atoms with Gasteiger partial charge in [-0.2, -0.15) is 0 Å². The molecule has 1 atom stereocenters.